The summed E-state index contributed by atoms with van der Waals surface area (Å²) in [6.45, 7) is 6.20. The van der Waals surface area contributed by atoms with Crippen molar-refractivity contribution in [3.8, 4) is 0 Å². The Hall–Kier alpha value is -0.0800. The van der Waals surface area contributed by atoms with Gasteiger partial charge in [-0.05, 0) is 94.7 Å². The van der Waals surface area contributed by atoms with Crippen LogP contribution in [-0.4, -0.2) is 36.6 Å². The van der Waals surface area contributed by atoms with E-state index in [4.69, 9.17) is 0 Å². The molecule has 20 heavy (non-hydrogen) atoms. The maximum absolute atomic E-state index is 4.16. The molecule has 5 fully saturated rings. The van der Waals surface area contributed by atoms with Crippen molar-refractivity contribution in [3.05, 3.63) is 0 Å². The number of hydrogen-bond acceptors (Lipinski definition) is 2. The van der Waals surface area contributed by atoms with Crippen molar-refractivity contribution in [2.45, 2.75) is 70.4 Å². The minimum Gasteiger partial charge on any atom is -0.311 e. The van der Waals surface area contributed by atoms with E-state index in [0.29, 0.717) is 0 Å². The molecule has 0 radical (unpaired) electrons. The highest BCUT2D eigenvalue weighted by Gasteiger charge is 2.48. The molecule has 4 bridgehead atoms. The van der Waals surface area contributed by atoms with E-state index in [1.54, 1.807) is 32.1 Å². The lowest BCUT2D eigenvalue weighted by Crippen LogP contribution is -2.56. The van der Waals surface area contributed by atoms with Crippen molar-refractivity contribution in [3.63, 3.8) is 0 Å². The number of rotatable bonds is 3. The second kappa shape index (κ2) is 5.61. The van der Waals surface area contributed by atoms with Gasteiger partial charge in [-0.15, -0.1) is 0 Å². The number of hydrogen-bond donors (Lipinski definition) is 1. The summed E-state index contributed by atoms with van der Waals surface area (Å²) in [7, 11) is 0. The fourth-order valence-corrected chi connectivity index (χ4v) is 6.11. The standard InChI is InChI=1S/C18H32N2/c1-2-20-6-3-4-17(5-7-20)19-18-15-9-13-8-14(11-15)12-16(18)10-13/h13-19H,2-12H2,1H3. The van der Waals surface area contributed by atoms with Gasteiger partial charge in [-0.3, -0.25) is 0 Å². The van der Waals surface area contributed by atoms with Crippen LogP contribution in [0.25, 0.3) is 0 Å². The molecule has 1 heterocycles. The fourth-order valence-electron chi connectivity index (χ4n) is 6.11. The van der Waals surface area contributed by atoms with E-state index < -0.39 is 0 Å². The highest BCUT2D eigenvalue weighted by Crippen LogP contribution is 2.53. The molecular weight excluding hydrogens is 244 g/mol. The number of nitrogens with zero attached hydrogens (tertiary/aromatic N) is 1. The maximum Gasteiger partial charge on any atom is 0.0127 e. The maximum atomic E-state index is 4.16. The highest BCUT2D eigenvalue weighted by atomic mass is 15.1. The molecule has 5 aliphatic rings. The first-order chi connectivity index (χ1) is 9.81. The first-order valence-electron chi connectivity index (χ1n) is 9.30. The summed E-state index contributed by atoms with van der Waals surface area (Å²) in [5.74, 6) is 4.30. The Labute approximate surface area is 124 Å². The van der Waals surface area contributed by atoms with Crippen molar-refractivity contribution >= 4 is 0 Å². The summed E-state index contributed by atoms with van der Waals surface area (Å²) in [5, 5.41) is 4.16. The normalized spacial score (nSPS) is 48.5. The Kier molecular flexibility index (Phi) is 3.80. The van der Waals surface area contributed by atoms with Crippen LogP contribution < -0.4 is 5.32 Å². The molecule has 2 nitrogen and oxygen atoms in total. The molecule has 0 aromatic rings. The van der Waals surface area contributed by atoms with E-state index in [9.17, 15) is 0 Å². The zero-order valence-corrected chi connectivity index (χ0v) is 13.2. The molecule has 0 spiro atoms. The van der Waals surface area contributed by atoms with E-state index in [-0.39, 0.29) is 0 Å². The molecule has 2 heteroatoms. The lowest BCUT2D eigenvalue weighted by Gasteiger charge is -2.55. The van der Waals surface area contributed by atoms with Gasteiger partial charge in [0, 0.05) is 12.1 Å². The van der Waals surface area contributed by atoms with E-state index in [2.05, 4.69) is 17.1 Å². The highest BCUT2D eigenvalue weighted by molar-refractivity contribution is 5.02. The SMILES string of the molecule is CCN1CCCC(NC2C3CC4CC(C3)CC2C4)CC1. The minimum absolute atomic E-state index is 0.814. The Morgan fingerprint density at radius 3 is 2.25 bits per heavy atom. The second-order valence-corrected chi connectivity index (χ2v) is 8.19. The van der Waals surface area contributed by atoms with E-state index in [0.717, 1.165) is 35.8 Å². The Morgan fingerprint density at radius 1 is 0.900 bits per heavy atom. The molecule has 0 aromatic carbocycles. The molecule has 1 aliphatic heterocycles. The van der Waals surface area contributed by atoms with Crippen LogP contribution >= 0.6 is 0 Å². The summed E-state index contributed by atoms with van der Waals surface area (Å²) in [6, 6.07) is 1.70. The lowest BCUT2D eigenvalue weighted by molar-refractivity contribution is -0.0182. The van der Waals surface area contributed by atoms with E-state index in [1.807, 2.05) is 0 Å². The van der Waals surface area contributed by atoms with Crippen molar-refractivity contribution in [2.24, 2.45) is 23.7 Å². The van der Waals surface area contributed by atoms with Crippen LogP contribution in [0, 0.1) is 23.7 Å². The molecule has 1 N–H and O–H groups in total. The molecule has 4 aliphatic carbocycles. The molecule has 0 amide bonds. The zero-order chi connectivity index (χ0) is 13.5. The molecule has 4 saturated carbocycles. The van der Waals surface area contributed by atoms with Crippen molar-refractivity contribution in [1.82, 2.24) is 10.2 Å². The summed E-state index contributed by atoms with van der Waals surface area (Å²) >= 11 is 0. The smallest absolute Gasteiger partial charge is 0.0127 e. The van der Waals surface area contributed by atoms with Crippen LogP contribution in [0.4, 0.5) is 0 Å². The van der Waals surface area contributed by atoms with Crippen LogP contribution in [0.2, 0.25) is 0 Å². The van der Waals surface area contributed by atoms with Crippen LogP contribution in [0.1, 0.15) is 58.3 Å². The first-order valence-corrected chi connectivity index (χ1v) is 9.30. The Balaban J connectivity index is 1.37. The average Bonchev–Trinajstić information content (AvgIpc) is 2.67. The number of nitrogens with one attached hydrogen (secondary N) is 1. The van der Waals surface area contributed by atoms with Gasteiger partial charge in [0.05, 0.1) is 0 Å². The van der Waals surface area contributed by atoms with Gasteiger partial charge in [-0.1, -0.05) is 6.92 Å². The lowest BCUT2D eigenvalue weighted by atomic mass is 9.54. The topological polar surface area (TPSA) is 15.3 Å². The first kappa shape index (κ1) is 13.6. The molecule has 1 unspecified atom stereocenters. The van der Waals surface area contributed by atoms with Crippen molar-refractivity contribution in [1.29, 1.82) is 0 Å². The Morgan fingerprint density at radius 2 is 1.60 bits per heavy atom. The van der Waals surface area contributed by atoms with E-state index in [1.165, 1.54) is 38.9 Å². The van der Waals surface area contributed by atoms with E-state index >= 15 is 0 Å². The fraction of sp³-hybridized carbons (Fsp3) is 1.00. The monoisotopic (exact) mass is 276 g/mol. The summed E-state index contributed by atoms with van der Waals surface area (Å²) < 4.78 is 0. The molecule has 0 aromatic heterocycles. The van der Waals surface area contributed by atoms with Gasteiger partial charge in [0.1, 0.15) is 0 Å². The summed E-state index contributed by atoms with van der Waals surface area (Å²) in [5.41, 5.74) is 0. The zero-order valence-electron chi connectivity index (χ0n) is 13.2. The summed E-state index contributed by atoms with van der Waals surface area (Å²) in [6.07, 6.45) is 12.0. The van der Waals surface area contributed by atoms with Crippen molar-refractivity contribution in [2.75, 3.05) is 19.6 Å². The van der Waals surface area contributed by atoms with Gasteiger partial charge in [0.2, 0.25) is 0 Å². The third kappa shape index (κ3) is 2.54. The van der Waals surface area contributed by atoms with Crippen LogP contribution in [0.5, 0.6) is 0 Å². The van der Waals surface area contributed by atoms with Gasteiger partial charge in [0.25, 0.3) is 0 Å². The van der Waals surface area contributed by atoms with Gasteiger partial charge in [-0.2, -0.15) is 0 Å². The number of likely N-dealkylation sites (tertiary alicyclic amines) is 1. The Bertz CT molecular complexity index is 312. The van der Waals surface area contributed by atoms with Crippen molar-refractivity contribution < 1.29 is 0 Å². The second-order valence-electron chi connectivity index (χ2n) is 8.19. The molecule has 1 saturated heterocycles. The predicted molar refractivity (Wildman–Crippen MR) is 83.7 cm³/mol. The quantitative estimate of drug-likeness (QED) is 0.851. The summed E-state index contributed by atoms with van der Waals surface area (Å²) in [4.78, 5) is 2.64. The van der Waals surface area contributed by atoms with Crippen LogP contribution in [-0.2, 0) is 0 Å². The molecule has 1 atom stereocenters. The third-order valence-corrected chi connectivity index (χ3v) is 6.92. The molecule has 5 rings (SSSR count). The molecular formula is C18H32N2. The van der Waals surface area contributed by atoms with Crippen LogP contribution in [0.3, 0.4) is 0 Å². The van der Waals surface area contributed by atoms with Crippen LogP contribution in [0.15, 0.2) is 0 Å². The largest absolute Gasteiger partial charge is 0.311 e. The molecule has 114 valence electrons. The van der Waals surface area contributed by atoms with Gasteiger partial charge in [-0.25, -0.2) is 0 Å². The minimum atomic E-state index is 0.814. The third-order valence-electron chi connectivity index (χ3n) is 6.92. The van der Waals surface area contributed by atoms with Gasteiger partial charge >= 0.3 is 0 Å². The average molecular weight is 276 g/mol. The predicted octanol–water partition coefficient (Wildman–Crippen LogP) is 3.28. The van der Waals surface area contributed by atoms with Gasteiger partial charge in [0.15, 0.2) is 0 Å². The van der Waals surface area contributed by atoms with Gasteiger partial charge < -0.3 is 10.2 Å².